The van der Waals surface area contributed by atoms with E-state index in [9.17, 15) is 13.2 Å². The standard InChI is InChI=1S/C13H19N3O3S2/c1-4-16(9-12(17)15(2)3)21(18,19)11-8-6-5-7-10(11)13(14)20/h5-8H,4,9H2,1-3H3,(H2,14,20). The molecule has 0 aliphatic heterocycles. The Balaban J connectivity index is 3.26. The summed E-state index contributed by atoms with van der Waals surface area (Å²) < 4.78 is 26.5. The van der Waals surface area contributed by atoms with E-state index in [1.165, 1.54) is 11.0 Å². The first-order valence-corrected chi connectivity index (χ1v) is 8.15. The van der Waals surface area contributed by atoms with Crippen molar-refractivity contribution in [3.63, 3.8) is 0 Å². The Morgan fingerprint density at radius 1 is 1.29 bits per heavy atom. The first-order valence-electron chi connectivity index (χ1n) is 6.31. The maximum absolute atomic E-state index is 12.7. The average molecular weight is 329 g/mol. The molecule has 0 spiro atoms. The van der Waals surface area contributed by atoms with Crippen LogP contribution in [0.25, 0.3) is 0 Å². The van der Waals surface area contributed by atoms with E-state index < -0.39 is 10.0 Å². The Hall–Kier alpha value is -1.51. The smallest absolute Gasteiger partial charge is 0.244 e. The van der Waals surface area contributed by atoms with Gasteiger partial charge in [-0.1, -0.05) is 37.3 Å². The number of sulfonamides is 1. The van der Waals surface area contributed by atoms with Gasteiger partial charge < -0.3 is 10.6 Å². The Kier molecular flexibility index (Phi) is 5.82. The lowest BCUT2D eigenvalue weighted by molar-refractivity contribution is -0.128. The highest BCUT2D eigenvalue weighted by Crippen LogP contribution is 2.20. The topological polar surface area (TPSA) is 83.7 Å². The van der Waals surface area contributed by atoms with Gasteiger partial charge in [0.2, 0.25) is 15.9 Å². The highest BCUT2D eigenvalue weighted by Gasteiger charge is 2.28. The van der Waals surface area contributed by atoms with Crippen molar-refractivity contribution < 1.29 is 13.2 Å². The van der Waals surface area contributed by atoms with Gasteiger partial charge in [-0.3, -0.25) is 4.79 Å². The van der Waals surface area contributed by atoms with E-state index in [1.807, 2.05) is 0 Å². The lowest BCUT2D eigenvalue weighted by atomic mass is 10.2. The molecule has 6 nitrogen and oxygen atoms in total. The second-order valence-corrected chi connectivity index (χ2v) is 6.93. The summed E-state index contributed by atoms with van der Waals surface area (Å²) in [5.74, 6) is -0.298. The maximum Gasteiger partial charge on any atom is 0.244 e. The highest BCUT2D eigenvalue weighted by atomic mass is 32.2. The van der Waals surface area contributed by atoms with Gasteiger partial charge in [-0.25, -0.2) is 8.42 Å². The predicted molar refractivity (Wildman–Crippen MR) is 85.5 cm³/mol. The fraction of sp³-hybridized carbons (Fsp3) is 0.385. The fourth-order valence-corrected chi connectivity index (χ4v) is 3.54. The number of hydrogen-bond acceptors (Lipinski definition) is 4. The second kappa shape index (κ2) is 6.97. The molecule has 0 bridgehead atoms. The number of rotatable bonds is 6. The van der Waals surface area contributed by atoms with E-state index in [1.54, 1.807) is 39.2 Å². The van der Waals surface area contributed by atoms with Crippen LogP contribution in [-0.4, -0.2) is 55.7 Å². The Morgan fingerprint density at radius 2 is 1.86 bits per heavy atom. The number of nitrogens with two attached hydrogens (primary N) is 1. The molecule has 1 rings (SSSR count). The number of benzene rings is 1. The zero-order valence-corrected chi connectivity index (χ0v) is 13.9. The zero-order chi connectivity index (χ0) is 16.2. The van der Waals surface area contributed by atoms with Gasteiger partial charge in [0.1, 0.15) is 4.99 Å². The molecule has 0 aliphatic carbocycles. The number of hydrogen-bond donors (Lipinski definition) is 1. The first kappa shape index (κ1) is 17.5. The maximum atomic E-state index is 12.7. The van der Waals surface area contributed by atoms with Crippen LogP contribution in [0.1, 0.15) is 12.5 Å². The summed E-state index contributed by atoms with van der Waals surface area (Å²) >= 11 is 4.89. The highest BCUT2D eigenvalue weighted by molar-refractivity contribution is 7.89. The third kappa shape index (κ3) is 3.99. The summed E-state index contributed by atoms with van der Waals surface area (Å²) in [6.45, 7) is 1.62. The van der Waals surface area contributed by atoms with Crippen molar-refractivity contribution in [3.05, 3.63) is 29.8 Å². The summed E-state index contributed by atoms with van der Waals surface area (Å²) in [5, 5.41) is 0. The lowest BCUT2D eigenvalue weighted by Gasteiger charge is -2.23. The van der Waals surface area contributed by atoms with Crippen LogP contribution in [-0.2, 0) is 14.8 Å². The van der Waals surface area contributed by atoms with Crippen molar-refractivity contribution in [3.8, 4) is 0 Å². The minimum Gasteiger partial charge on any atom is -0.389 e. The molecule has 116 valence electrons. The zero-order valence-electron chi connectivity index (χ0n) is 12.2. The summed E-state index contributed by atoms with van der Waals surface area (Å²) in [7, 11) is -0.687. The van der Waals surface area contributed by atoms with Gasteiger partial charge in [0, 0.05) is 26.2 Å². The molecule has 0 heterocycles. The number of likely N-dealkylation sites (N-methyl/N-ethyl adjacent to an activating group) is 2. The van der Waals surface area contributed by atoms with Gasteiger partial charge in [-0.15, -0.1) is 0 Å². The SMILES string of the molecule is CCN(CC(=O)N(C)C)S(=O)(=O)c1ccccc1C(N)=S. The Labute approximate surface area is 130 Å². The largest absolute Gasteiger partial charge is 0.389 e. The van der Waals surface area contributed by atoms with Crippen LogP contribution in [0.3, 0.4) is 0 Å². The van der Waals surface area contributed by atoms with Gasteiger partial charge in [0.05, 0.1) is 11.4 Å². The van der Waals surface area contributed by atoms with Crippen LogP contribution >= 0.6 is 12.2 Å². The molecule has 21 heavy (non-hydrogen) atoms. The van der Waals surface area contributed by atoms with Crippen LogP contribution in [0, 0.1) is 0 Å². The van der Waals surface area contributed by atoms with E-state index >= 15 is 0 Å². The molecular weight excluding hydrogens is 310 g/mol. The van der Waals surface area contributed by atoms with Gasteiger partial charge >= 0.3 is 0 Å². The van der Waals surface area contributed by atoms with Crippen molar-refractivity contribution in [2.24, 2.45) is 5.73 Å². The summed E-state index contributed by atoms with van der Waals surface area (Å²) in [6.07, 6.45) is 0. The van der Waals surface area contributed by atoms with Gasteiger partial charge in [-0.05, 0) is 6.07 Å². The van der Waals surface area contributed by atoms with Crippen LogP contribution in [0.15, 0.2) is 29.2 Å². The Morgan fingerprint density at radius 3 is 2.33 bits per heavy atom. The number of thiocarbonyl (C=S) groups is 1. The summed E-state index contributed by atoms with van der Waals surface area (Å²) in [6, 6.07) is 6.24. The predicted octanol–water partition coefficient (Wildman–Crippen LogP) is 0.420. The first-order chi connectivity index (χ1) is 9.71. The molecule has 8 heteroatoms. The normalized spacial score (nSPS) is 11.4. The van der Waals surface area contributed by atoms with Gasteiger partial charge in [-0.2, -0.15) is 4.31 Å². The van der Waals surface area contributed by atoms with Crippen LogP contribution < -0.4 is 5.73 Å². The third-order valence-corrected chi connectivity index (χ3v) is 5.13. The van der Waals surface area contributed by atoms with Crippen molar-refractivity contribution >= 4 is 33.1 Å². The van der Waals surface area contributed by atoms with Crippen molar-refractivity contribution in [1.82, 2.24) is 9.21 Å². The van der Waals surface area contributed by atoms with Crippen LogP contribution in [0.5, 0.6) is 0 Å². The van der Waals surface area contributed by atoms with E-state index in [2.05, 4.69) is 0 Å². The van der Waals surface area contributed by atoms with Crippen LogP contribution in [0.2, 0.25) is 0 Å². The minimum absolute atomic E-state index is 0.00386. The quantitative estimate of drug-likeness (QED) is 0.765. The molecule has 0 radical (unpaired) electrons. The molecule has 1 amide bonds. The number of carbonyl (C=O) groups excluding carboxylic acids is 1. The van der Waals surface area contributed by atoms with Crippen molar-refractivity contribution in [2.45, 2.75) is 11.8 Å². The molecule has 0 saturated heterocycles. The lowest BCUT2D eigenvalue weighted by Crippen LogP contribution is -2.40. The monoisotopic (exact) mass is 329 g/mol. The van der Waals surface area contributed by atoms with E-state index in [0.717, 1.165) is 4.31 Å². The van der Waals surface area contributed by atoms with Crippen LogP contribution in [0.4, 0.5) is 0 Å². The van der Waals surface area contributed by atoms with Crippen molar-refractivity contribution in [1.29, 1.82) is 0 Å². The van der Waals surface area contributed by atoms with Gasteiger partial charge in [0.25, 0.3) is 0 Å². The summed E-state index contributed by atoms with van der Waals surface area (Å²) in [4.78, 5) is 13.1. The molecule has 0 unspecified atom stereocenters. The molecule has 0 aliphatic rings. The molecule has 1 aromatic rings. The molecule has 0 aromatic heterocycles. The second-order valence-electron chi connectivity index (χ2n) is 4.58. The van der Waals surface area contributed by atoms with Crippen molar-refractivity contribution in [2.75, 3.05) is 27.2 Å². The molecular formula is C13H19N3O3S2. The number of nitrogens with zero attached hydrogens (tertiary/aromatic N) is 2. The Bertz CT molecular complexity index is 642. The van der Waals surface area contributed by atoms with E-state index in [0.29, 0.717) is 0 Å². The molecule has 1 aromatic carbocycles. The minimum atomic E-state index is -3.84. The van der Waals surface area contributed by atoms with Gasteiger partial charge in [0.15, 0.2) is 0 Å². The third-order valence-electron chi connectivity index (χ3n) is 2.93. The summed E-state index contributed by atoms with van der Waals surface area (Å²) in [5.41, 5.74) is 5.86. The number of amides is 1. The fourth-order valence-electron chi connectivity index (χ4n) is 1.69. The average Bonchev–Trinajstić information content (AvgIpc) is 2.43. The molecule has 2 N–H and O–H groups in total. The molecule has 0 saturated carbocycles. The molecule has 0 fully saturated rings. The number of carbonyl (C=O) groups is 1. The van der Waals surface area contributed by atoms with E-state index in [-0.39, 0.29) is 34.4 Å². The molecule has 0 atom stereocenters. The van der Waals surface area contributed by atoms with E-state index in [4.69, 9.17) is 18.0 Å².